The first-order valence-electron chi connectivity index (χ1n) is 5.58. The number of nitrogens with two attached hydrogens (primary N) is 1. The number of hydrogen-bond donors (Lipinski definition) is 2. The quantitative estimate of drug-likeness (QED) is 0.805. The summed E-state index contributed by atoms with van der Waals surface area (Å²) < 4.78 is 1.49. The molecule has 2 rings (SSSR count). The predicted octanol–water partition coefficient (Wildman–Crippen LogP) is 4.24. The summed E-state index contributed by atoms with van der Waals surface area (Å²) in [5, 5.41) is 2.91. The van der Waals surface area contributed by atoms with Gasteiger partial charge in [-0.05, 0) is 53.2 Å². The Morgan fingerprint density at radius 3 is 2.74 bits per heavy atom. The smallest absolute Gasteiger partial charge is 0.251 e. The second-order valence-electron chi connectivity index (χ2n) is 4.07. The van der Waals surface area contributed by atoms with Crippen LogP contribution in [0.15, 0.2) is 34.8 Å². The summed E-state index contributed by atoms with van der Waals surface area (Å²) in [6.45, 7) is 1.92. The Morgan fingerprint density at radius 1 is 1.42 bits per heavy atom. The van der Waals surface area contributed by atoms with E-state index in [4.69, 9.17) is 17.3 Å². The van der Waals surface area contributed by atoms with E-state index in [1.807, 2.05) is 19.1 Å². The van der Waals surface area contributed by atoms with Gasteiger partial charge in [0.05, 0.1) is 10.4 Å². The first-order valence-corrected chi connectivity index (χ1v) is 7.57. The van der Waals surface area contributed by atoms with Gasteiger partial charge in [-0.25, -0.2) is 0 Å². The molecule has 0 spiro atoms. The third-order valence-corrected chi connectivity index (χ3v) is 4.76. The van der Waals surface area contributed by atoms with Crippen molar-refractivity contribution in [3.05, 3.63) is 49.6 Å². The van der Waals surface area contributed by atoms with Crippen molar-refractivity contribution in [3.8, 4) is 0 Å². The number of anilines is 1. The molecule has 1 atom stereocenters. The van der Waals surface area contributed by atoms with Crippen LogP contribution in [0.5, 0.6) is 0 Å². The highest BCUT2D eigenvalue weighted by atomic mass is 79.9. The van der Waals surface area contributed by atoms with Crippen molar-refractivity contribution < 1.29 is 4.79 Å². The third-order valence-electron chi connectivity index (χ3n) is 2.63. The van der Waals surface area contributed by atoms with Gasteiger partial charge in [0.1, 0.15) is 0 Å². The van der Waals surface area contributed by atoms with E-state index in [9.17, 15) is 4.79 Å². The highest BCUT2D eigenvalue weighted by Gasteiger charge is 2.13. The molecule has 0 radical (unpaired) electrons. The summed E-state index contributed by atoms with van der Waals surface area (Å²) in [4.78, 5) is 13.1. The lowest BCUT2D eigenvalue weighted by molar-refractivity contribution is 0.0940. The van der Waals surface area contributed by atoms with Crippen LogP contribution in [0.4, 0.5) is 5.69 Å². The van der Waals surface area contributed by atoms with Gasteiger partial charge < -0.3 is 11.1 Å². The zero-order valence-electron chi connectivity index (χ0n) is 10.1. The number of rotatable bonds is 3. The fourth-order valence-electron chi connectivity index (χ4n) is 1.60. The van der Waals surface area contributed by atoms with Gasteiger partial charge in [0.2, 0.25) is 0 Å². The second kappa shape index (κ2) is 5.94. The molecular formula is C13H12BrClN2OS. The summed E-state index contributed by atoms with van der Waals surface area (Å²) in [5.74, 6) is -0.156. The van der Waals surface area contributed by atoms with E-state index in [1.165, 1.54) is 11.3 Å². The average Bonchev–Trinajstić information content (AvgIpc) is 2.79. The Kier molecular flexibility index (Phi) is 4.50. The van der Waals surface area contributed by atoms with E-state index in [0.29, 0.717) is 15.6 Å². The van der Waals surface area contributed by atoms with E-state index < -0.39 is 0 Å². The number of carbonyl (C=O) groups is 1. The highest BCUT2D eigenvalue weighted by molar-refractivity contribution is 9.10. The summed E-state index contributed by atoms with van der Waals surface area (Å²) in [5.41, 5.74) is 6.84. The number of thiophene rings is 1. The fraction of sp³-hybridized carbons (Fsp3) is 0.154. The minimum atomic E-state index is -0.156. The van der Waals surface area contributed by atoms with Crippen molar-refractivity contribution in [2.75, 3.05) is 5.73 Å². The Hall–Kier alpha value is -1.04. The van der Waals surface area contributed by atoms with Crippen molar-refractivity contribution in [3.63, 3.8) is 0 Å². The Bertz CT molecular complexity index is 614. The monoisotopic (exact) mass is 358 g/mol. The predicted molar refractivity (Wildman–Crippen MR) is 83.8 cm³/mol. The summed E-state index contributed by atoms with van der Waals surface area (Å²) in [6, 6.07) is 8.78. The van der Waals surface area contributed by atoms with Gasteiger partial charge in [-0.3, -0.25) is 4.79 Å². The van der Waals surface area contributed by atoms with Gasteiger partial charge in [-0.2, -0.15) is 0 Å². The van der Waals surface area contributed by atoms with Gasteiger partial charge in [-0.1, -0.05) is 11.6 Å². The molecule has 6 heteroatoms. The van der Waals surface area contributed by atoms with Crippen molar-refractivity contribution in [1.29, 1.82) is 0 Å². The topological polar surface area (TPSA) is 55.1 Å². The van der Waals surface area contributed by atoms with Gasteiger partial charge in [0.25, 0.3) is 5.91 Å². The number of benzene rings is 1. The molecule has 0 aliphatic heterocycles. The van der Waals surface area contributed by atoms with Crippen LogP contribution in [0.2, 0.25) is 4.34 Å². The minimum absolute atomic E-state index is 0.0881. The molecule has 0 fully saturated rings. The molecule has 1 heterocycles. The van der Waals surface area contributed by atoms with Crippen LogP contribution >= 0.6 is 38.9 Å². The molecule has 3 N–H and O–H groups in total. The lowest BCUT2D eigenvalue weighted by atomic mass is 10.1. The van der Waals surface area contributed by atoms with Crippen molar-refractivity contribution in [2.45, 2.75) is 13.0 Å². The third kappa shape index (κ3) is 3.49. The van der Waals surface area contributed by atoms with Crippen LogP contribution in [0.3, 0.4) is 0 Å². The average molecular weight is 360 g/mol. The molecule has 0 saturated heterocycles. The van der Waals surface area contributed by atoms with E-state index in [2.05, 4.69) is 21.2 Å². The number of nitrogen functional groups attached to an aromatic ring is 1. The largest absolute Gasteiger partial charge is 0.398 e. The SMILES string of the molecule is CC(NC(=O)c1ccc(Br)c(N)c1)c1ccc(Cl)s1. The van der Waals surface area contributed by atoms with Gasteiger partial charge in [0.15, 0.2) is 0 Å². The molecule has 0 aliphatic carbocycles. The van der Waals surface area contributed by atoms with Crippen molar-refractivity contribution in [1.82, 2.24) is 5.32 Å². The van der Waals surface area contributed by atoms with E-state index in [0.717, 1.165) is 9.35 Å². The lowest BCUT2D eigenvalue weighted by Gasteiger charge is -2.12. The highest BCUT2D eigenvalue weighted by Crippen LogP contribution is 2.27. The molecule has 100 valence electrons. The number of nitrogens with one attached hydrogen (secondary N) is 1. The molecule has 3 nitrogen and oxygen atoms in total. The Balaban J connectivity index is 2.10. The van der Waals surface area contributed by atoms with Crippen molar-refractivity contribution >= 4 is 50.5 Å². The zero-order chi connectivity index (χ0) is 14.0. The molecule has 19 heavy (non-hydrogen) atoms. The maximum Gasteiger partial charge on any atom is 0.251 e. The standard InChI is InChI=1S/C13H12BrClN2OS/c1-7(11-4-5-12(15)19-11)17-13(18)8-2-3-9(14)10(16)6-8/h2-7H,16H2,1H3,(H,17,18). The Labute approximate surface area is 128 Å². The summed E-state index contributed by atoms with van der Waals surface area (Å²) >= 11 is 10.6. The molecule has 2 aromatic rings. The normalized spacial score (nSPS) is 12.2. The molecule has 1 amide bonds. The number of hydrogen-bond acceptors (Lipinski definition) is 3. The van der Waals surface area contributed by atoms with Crippen LogP contribution in [-0.4, -0.2) is 5.91 Å². The van der Waals surface area contributed by atoms with E-state index in [1.54, 1.807) is 18.2 Å². The minimum Gasteiger partial charge on any atom is -0.398 e. The summed E-state index contributed by atoms with van der Waals surface area (Å²) in [7, 11) is 0. The van der Waals surface area contributed by atoms with Crippen LogP contribution in [-0.2, 0) is 0 Å². The maximum atomic E-state index is 12.1. The first kappa shape index (κ1) is 14.4. The van der Waals surface area contributed by atoms with Crippen LogP contribution < -0.4 is 11.1 Å². The molecular weight excluding hydrogens is 348 g/mol. The van der Waals surface area contributed by atoms with Gasteiger partial charge in [0, 0.05) is 20.6 Å². The van der Waals surface area contributed by atoms with Crippen molar-refractivity contribution in [2.24, 2.45) is 0 Å². The molecule has 0 bridgehead atoms. The molecule has 0 aliphatic rings. The zero-order valence-corrected chi connectivity index (χ0v) is 13.3. The van der Waals surface area contributed by atoms with Gasteiger partial charge >= 0.3 is 0 Å². The lowest BCUT2D eigenvalue weighted by Crippen LogP contribution is -2.26. The Morgan fingerprint density at radius 2 is 2.16 bits per heavy atom. The van der Waals surface area contributed by atoms with Gasteiger partial charge in [-0.15, -0.1) is 11.3 Å². The molecule has 0 saturated carbocycles. The van der Waals surface area contributed by atoms with Crippen LogP contribution in [0, 0.1) is 0 Å². The first-order chi connectivity index (χ1) is 8.97. The van der Waals surface area contributed by atoms with Crippen LogP contribution in [0.1, 0.15) is 28.2 Å². The second-order valence-corrected chi connectivity index (χ2v) is 6.67. The maximum absolute atomic E-state index is 12.1. The fourth-order valence-corrected chi connectivity index (χ4v) is 2.91. The molecule has 1 unspecified atom stereocenters. The molecule has 1 aromatic heterocycles. The van der Waals surface area contributed by atoms with E-state index >= 15 is 0 Å². The number of carbonyl (C=O) groups excluding carboxylic acids is 1. The molecule has 1 aromatic carbocycles. The van der Waals surface area contributed by atoms with E-state index in [-0.39, 0.29) is 11.9 Å². The van der Waals surface area contributed by atoms with Crippen LogP contribution in [0.25, 0.3) is 0 Å². The number of amides is 1. The summed E-state index contributed by atoms with van der Waals surface area (Å²) in [6.07, 6.45) is 0. The number of halogens is 2.